The molecule has 0 saturated carbocycles. The second-order valence-corrected chi connectivity index (χ2v) is 8.06. The minimum absolute atomic E-state index is 0.106. The Morgan fingerprint density at radius 3 is 2.52 bits per heavy atom. The summed E-state index contributed by atoms with van der Waals surface area (Å²) < 4.78 is 13.6. The molecule has 0 radical (unpaired) electrons. The molecular weight excluding hydrogens is 341 g/mol. The van der Waals surface area contributed by atoms with Gasteiger partial charge in [0.2, 0.25) is 0 Å². The summed E-state index contributed by atoms with van der Waals surface area (Å²) in [6.07, 6.45) is 1.52. The zero-order valence-corrected chi connectivity index (χ0v) is 16.4. The molecule has 0 saturated heterocycles. The topological polar surface area (TPSA) is 46.2 Å². The lowest BCUT2D eigenvalue weighted by Gasteiger charge is -2.28. The van der Waals surface area contributed by atoms with Crippen molar-refractivity contribution in [2.24, 2.45) is 5.92 Å². The maximum Gasteiger partial charge on any atom is 0.252 e. The minimum Gasteiger partial charge on any atom is -0.339 e. The largest absolute Gasteiger partial charge is 0.339 e. The van der Waals surface area contributed by atoms with Gasteiger partial charge in [-0.15, -0.1) is 0 Å². The molecular formula is C23H26FNO2. The minimum atomic E-state index is -1.01. The Balaban J connectivity index is 1.93. The van der Waals surface area contributed by atoms with Crippen LogP contribution in [0.4, 0.5) is 4.39 Å². The van der Waals surface area contributed by atoms with Gasteiger partial charge in [0.15, 0.2) is 5.78 Å². The summed E-state index contributed by atoms with van der Waals surface area (Å²) in [6, 6.07) is 10.3. The summed E-state index contributed by atoms with van der Waals surface area (Å²) >= 11 is 0. The van der Waals surface area contributed by atoms with E-state index in [9.17, 15) is 14.0 Å². The van der Waals surface area contributed by atoms with Crippen molar-refractivity contribution in [2.75, 3.05) is 0 Å². The monoisotopic (exact) mass is 367 g/mol. The van der Waals surface area contributed by atoms with E-state index in [0.717, 1.165) is 28.7 Å². The molecule has 1 aliphatic rings. The summed E-state index contributed by atoms with van der Waals surface area (Å²) in [7, 11) is 0. The van der Waals surface area contributed by atoms with Gasteiger partial charge < -0.3 is 5.32 Å². The fourth-order valence-corrected chi connectivity index (χ4v) is 3.95. The first kappa shape index (κ1) is 19.3. The molecule has 0 spiro atoms. The summed E-state index contributed by atoms with van der Waals surface area (Å²) in [5.74, 6) is -0.251. The van der Waals surface area contributed by atoms with Crippen molar-refractivity contribution in [1.82, 2.24) is 5.32 Å². The van der Waals surface area contributed by atoms with E-state index in [1.165, 1.54) is 19.1 Å². The Bertz CT molecular complexity index is 903. The molecule has 1 N–H and O–H groups in total. The quantitative estimate of drug-likeness (QED) is 0.861. The number of nitrogens with one attached hydrogen (secondary N) is 1. The van der Waals surface area contributed by atoms with Gasteiger partial charge in [-0.3, -0.25) is 9.59 Å². The van der Waals surface area contributed by atoms with Gasteiger partial charge >= 0.3 is 0 Å². The van der Waals surface area contributed by atoms with E-state index in [1.807, 2.05) is 25.1 Å². The second-order valence-electron chi connectivity index (χ2n) is 8.06. The van der Waals surface area contributed by atoms with Gasteiger partial charge in [-0.1, -0.05) is 32.0 Å². The summed E-state index contributed by atoms with van der Waals surface area (Å²) in [5.41, 5.74) is 3.41. The van der Waals surface area contributed by atoms with Crippen molar-refractivity contribution in [2.45, 2.75) is 52.5 Å². The average Bonchev–Trinajstić information content (AvgIpc) is 2.94. The third-order valence-corrected chi connectivity index (χ3v) is 5.45. The number of benzene rings is 2. The Hall–Kier alpha value is -2.49. The first-order valence-electron chi connectivity index (χ1n) is 9.41. The van der Waals surface area contributed by atoms with Crippen molar-refractivity contribution in [3.63, 3.8) is 0 Å². The van der Waals surface area contributed by atoms with Crippen LogP contribution in [0, 0.1) is 18.7 Å². The number of aryl methyl sites for hydroxylation is 1. The molecule has 1 atom stereocenters. The third kappa shape index (κ3) is 3.80. The fraction of sp³-hybridized carbons (Fsp3) is 0.391. The molecule has 0 bridgehead atoms. The highest BCUT2D eigenvalue weighted by molar-refractivity contribution is 6.01. The molecule has 2 aromatic carbocycles. The van der Waals surface area contributed by atoms with Gasteiger partial charge in [0.1, 0.15) is 11.4 Å². The Labute approximate surface area is 160 Å². The van der Waals surface area contributed by atoms with Crippen LogP contribution in [0.25, 0.3) is 0 Å². The molecule has 0 aromatic heterocycles. The maximum atomic E-state index is 13.6. The van der Waals surface area contributed by atoms with Crippen molar-refractivity contribution in [3.05, 3.63) is 70.0 Å². The highest BCUT2D eigenvalue weighted by atomic mass is 19.1. The Morgan fingerprint density at radius 2 is 1.85 bits per heavy atom. The van der Waals surface area contributed by atoms with Gasteiger partial charge in [0.05, 0.1) is 0 Å². The lowest BCUT2D eigenvalue weighted by molar-refractivity contribution is -0.122. The zero-order chi connectivity index (χ0) is 19.8. The molecule has 142 valence electrons. The molecule has 27 heavy (non-hydrogen) atoms. The predicted molar refractivity (Wildman–Crippen MR) is 104 cm³/mol. The van der Waals surface area contributed by atoms with E-state index in [-0.39, 0.29) is 17.5 Å². The van der Waals surface area contributed by atoms with Crippen LogP contribution >= 0.6 is 0 Å². The Kier molecular flexibility index (Phi) is 5.18. The number of carbonyl (C=O) groups is 2. The van der Waals surface area contributed by atoms with Crippen molar-refractivity contribution in [3.8, 4) is 0 Å². The number of rotatable bonds is 5. The number of hydrogen-bond acceptors (Lipinski definition) is 2. The number of Topliss-reactive ketones (excluding diaryl/α,β-unsaturated/α-hetero) is 1. The van der Waals surface area contributed by atoms with Crippen LogP contribution in [-0.2, 0) is 24.1 Å². The van der Waals surface area contributed by atoms with E-state index in [2.05, 4.69) is 19.2 Å². The van der Waals surface area contributed by atoms with E-state index in [1.54, 1.807) is 6.07 Å². The SMILES string of the molecule is CC(=O)[C@]1(NC(=O)c2cccc(C)c2CC(C)C)Cc2ccc(F)cc2C1. The van der Waals surface area contributed by atoms with Crippen LogP contribution in [0.5, 0.6) is 0 Å². The molecule has 3 rings (SSSR count). The number of fused-ring (bicyclic) bond motifs is 1. The zero-order valence-electron chi connectivity index (χ0n) is 16.4. The van der Waals surface area contributed by atoms with Crippen molar-refractivity contribution >= 4 is 11.7 Å². The van der Waals surface area contributed by atoms with E-state index < -0.39 is 5.54 Å². The fourth-order valence-electron chi connectivity index (χ4n) is 3.95. The lowest BCUT2D eigenvalue weighted by atomic mass is 9.89. The molecule has 0 aliphatic heterocycles. The second kappa shape index (κ2) is 7.26. The van der Waals surface area contributed by atoms with Gasteiger partial charge in [0.25, 0.3) is 5.91 Å². The predicted octanol–water partition coefficient (Wildman–Crippen LogP) is 4.19. The summed E-state index contributed by atoms with van der Waals surface area (Å²) in [4.78, 5) is 25.7. The molecule has 4 heteroatoms. The number of halogens is 1. The van der Waals surface area contributed by atoms with E-state index in [4.69, 9.17) is 0 Å². The molecule has 0 unspecified atom stereocenters. The van der Waals surface area contributed by atoms with Crippen molar-refractivity contribution in [1.29, 1.82) is 0 Å². The lowest BCUT2D eigenvalue weighted by Crippen LogP contribution is -2.54. The summed E-state index contributed by atoms with van der Waals surface area (Å²) in [6.45, 7) is 7.73. The maximum absolute atomic E-state index is 13.6. The highest BCUT2D eigenvalue weighted by Gasteiger charge is 2.43. The molecule has 2 aromatic rings. The number of carbonyl (C=O) groups excluding carboxylic acids is 2. The van der Waals surface area contributed by atoms with Crippen LogP contribution < -0.4 is 5.32 Å². The number of ketones is 1. The molecule has 1 amide bonds. The smallest absolute Gasteiger partial charge is 0.252 e. The van der Waals surface area contributed by atoms with Gasteiger partial charge in [-0.2, -0.15) is 0 Å². The van der Waals surface area contributed by atoms with Crippen LogP contribution in [0.2, 0.25) is 0 Å². The third-order valence-electron chi connectivity index (χ3n) is 5.45. The summed E-state index contributed by atoms with van der Waals surface area (Å²) in [5, 5.41) is 3.00. The molecule has 0 fully saturated rings. The number of amides is 1. The standard InChI is InChI=1S/C23H26FNO2/c1-14(2)10-21-15(3)6-5-7-20(21)22(27)25-23(16(4)26)12-17-8-9-19(24)11-18(17)13-23/h5-9,11,14H,10,12-13H2,1-4H3,(H,25,27)/t23-/m0/s1. The molecule has 1 aliphatic carbocycles. The van der Waals surface area contributed by atoms with E-state index >= 15 is 0 Å². The van der Waals surface area contributed by atoms with Gasteiger partial charge in [-0.05, 0) is 66.6 Å². The van der Waals surface area contributed by atoms with Crippen LogP contribution in [0.1, 0.15) is 53.4 Å². The van der Waals surface area contributed by atoms with Gasteiger partial charge in [-0.25, -0.2) is 4.39 Å². The van der Waals surface area contributed by atoms with Crippen LogP contribution in [0.3, 0.4) is 0 Å². The number of hydrogen-bond donors (Lipinski definition) is 1. The molecule has 0 heterocycles. The van der Waals surface area contributed by atoms with Crippen LogP contribution in [-0.4, -0.2) is 17.2 Å². The average molecular weight is 367 g/mol. The van der Waals surface area contributed by atoms with Crippen LogP contribution in [0.15, 0.2) is 36.4 Å². The highest BCUT2D eigenvalue weighted by Crippen LogP contribution is 2.32. The Morgan fingerprint density at radius 1 is 1.15 bits per heavy atom. The van der Waals surface area contributed by atoms with Crippen molar-refractivity contribution < 1.29 is 14.0 Å². The first-order chi connectivity index (χ1) is 12.7. The first-order valence-corrected chi connectivity index (χ1v) is 9.41. The van der Waals surface area contributed by atoms with Gasteiger partial charge in [0, 0.05) is 18.4 Å². The molecule has 3 nitrogen and oxygen atoms in total. The van der Waals surface area contributed by atoms with E-state index in [0.29, 0.717) is 24.3 Å². The normalized spacial score (nSPS) is 18.4.